The molecule has 0 fully saturated rings. The maximum atomic E-state index is 13.3. The zero-order valence-corrected chi connectivity index (χ0v) is 7.46. The molecule has 1 aromatic rings. The Morgan fingerprint density at radius 1 is 1.46 bits per heavy atom. The fourth-order valence-corrected chi connectivity index (χ4v) is 1.08. The Morgan fingerprint density at radius 3 is 2.46 bits per heavy atom. The van der Waals surface area contributed by atoms with E-state index in [9.17, 15) is 9.18 Å². The van der Waals surface area contributed by atoms with Crippen molar-refractivity contribution in [2.45, 2.75) is 19.5 Å². The van der Waals surface area contributed by atoms with Gasteiger partial charge < -0.3 is 5.73 Å². The summed E-state index contributed by atoms with van der Waals surface area (Å²) in [5.74, 6) is -0.149. The number of benzene rings is 1. The van der Waals surface area contributed by atoms with Crippen molar-refractivity contribution in [2.75, 3.05) is 5.73 Å². The predicted octanol–water partition coefficient (Wildman–Crippen LogP) is 2.26. The lowest BCUT2D eigenvalue weighted by Gasteiger charge is -2.05. The number of rotatable bonds is 3. The molecule has 0 amide bonds. The molecule has 70 valence electrons. The van der Waals surface area contributed by atoms with Gasteiger partial charge in [-0.25, -0.2) is 4.39 Å². The number of anilines is 1. The van der Waals surface area contributed by atoms with Gasteiger partial charge in [0, 0.05) is 12.1 Å². The minimum atomic E-state index is -1.21. The van der Waals surface area contributed by atoms with E-state index in [4.69, 9.17) is 5.73 Å². The number of hydrogen-bond acceptors (Lipinski definition) is 2. The molecule has 0 heterocycles. The van der Waals surface area contributed by atoms with Crippen molar-refractivity contribution >= 4 is 11.5 Å². The molecule has 2 nitrogen and oxygen atoms in total. The van der Waals surface area contributed by atoms with Gasteiger partial charge in [0.1, 0.15) is 12.0 Å². The summed E-state index contributed by atoms with van der Waals surface area (Å²) in [5, 5.41) is 0. The number of hydrogen-bond donors (Lipinski definition) is 1. The summed E-state index contributed by atoms with van der Waals surface area (Å²) in [6, 6.07) is 6.45. The number of nitrogen functional groups attached to an aromatic ring is 1. The maximum Gasteiger partial charge on any atom is 0.133 e. The first kappa shape index (κ1) is 9.71. The van der Waals surface area contributed by atoms with Crippen molar-refractivity contribution in [1.82, 2.24) is 0 Å². The number of carbonyl (C=O) groups is 1. The summed E-state index contributed by atoms with van der Waals surface area (Å²) in [6.07, 6.45) is -1.28. The maximum absolute atomic E-state index is 13.3. The topological polar surface area (TPSA) is 43.1 Å². The molecule has 0 aliphatic carbocycles. The van der Waals surface area contributed by atoms with Crippen molar-refractivity contribution in [3.63, 3.8) is 0 Å². The molecular weight excluding hydrogens is 169 g/mol. The normalized spacial score (nSPS) is 12.5. The smallest absolute Gasteiger partial charge is 0.133 e. The van der Waals surface area contributed by atoms with Crippen LogP contribution in [0.3, 0.4) is 0 Å². The number of alkyl halides is 1. The van der Waals surface area contributed by atoms with Gasteiger partial charge in [-0.05, 0) is 24.6 Å². The molecule has 0 saturated heterocycles. The monoisotopic (exact) mass is 181 g/mol. The molecule has 0 aromatic heterocycles. The van der Waals surface area contributed by atoms with E-state index in [0.29, 0.717) is 11.3 Å². The number of nitrogens with two attached hydrogens (primary N) is 1. The Morgan fingerprint density at radius 2 is 2.00 bits per heavy atom. The van der Waals surface area contributed by atoms with Gasteiger partial charge in [-0.2, -0.15) is 0 Å². The zero-order chi connectivity index (χ0) is 9.84. The van der Waals surface area contributed by atoms with Crippen LogP contribution in [0.2, 0.25) is 0 Å². The highest BCUT2D eigenvalue weighted by Gasteiger charge is 2.11. The third-order valence-electron chi connectivity index (χ3n) is 1.76. The molecule has 0 aliphatic rings. The van der Waals surface area contributed by atoms with Crippen LogP contribution in [0.15, 0.2) is 24.3 Å². The average Bonchev–Trinajstić information content (AvgIpc) is 2.04. The van der Waals surface area contributed by atoms with Crippen molar-refractivity contribution in [2.24, 2.45) is 0 Å². The molecule has 0 bridgehead atoms. The van der Waals surface area contributed by atoms with Crippen molar-refractivity contribution < 1.29 is 9.18 Å². The molecule has 1 aromatic carbocycles. The summed E-state index contributed by atoms with van der Waals surface area (Å²) in [4.78, 5) is 10.6. The van der Waals surface area contributed by atoms with Crippen LogP contribution in [-0.4, -0.2) is 5.78 Å². The molecule has 0 aliphatic heterocycles. The summed E-state index contributed by atoms with van der Waals surface area (Å²) >= 11 is 0. The molecular formula is C10H12FNO. The van der Waals surface area contributed by atoms with Crippen LogP contribution in [0.5, 0.6) is 0 Å². The van der Waals surface area contributed by atoms with Gasteiger partial charge in [0.2, 0.25) is 0 Å². The summed E-state index contributed by atoms with van der Waals surface area (Å²) < 4.78 is 13.3. The Kier molecular flexibility index (Phi) is 3.01. The molecule has 3 heteroatoms. The number of ketones is 1. The second kappa shape index (κ2) is 4.03. The van der Waals surface area contributed by atoms with Crippen molar-refractivity contribution in [3.05, 3.63) is 29.8 Å². The van der Waals surface area contributed by atoms with Crippen LogP contribution in [0.4, 0.5) is 10.1 Å². The molecule has 1 atom stereocenters. The van der Waals surface area contributed by atoms with E-state index < -0.39 is 6.17 Å². The van der Waals surface area contributed by atoms with Gasteiger partial charge in [0.25, 0.3) is 0 Å². The minimum absolute atomic E-state index is 0.0656. The Balaban J connectivity index is 2.71. The average molecular weight is 181 g/mol. The van der Waals surface area contributed by atoms with Gasteiger partial charge in [-0.1, -0.05) is 12.1 Å². The number of Topliss-reactive ketones (excluding diaryl/α,β-unsaturated/α-hetero) is 1. The number of halogens is 1. The molecule has 2 N–H and O–H groups in total. The van der Waals surface area contributed by atoms with Crippen LogP contribution in [-0.2, 0) is 4.79 Å². The SMILES string of the molecule is CC(=O)CC(F)c1ccc(N)cc1. The molecule has 0 saturated carbocycles. The quantitative estimate of drug-likeness (QED) is 0.727. The van der Waals surface area contributed by atoms with Gasteiger partial charge in [-0.3, -0.25) is 4.79 Å². The number of carbonyl (C=O) groups excluding carboxylic acids is 1. The van der Waals surface area contributed by atoms with Crippen molar-refractivity contribution in [3.8, 4) is 0 Å². The lowest BCUT2D eigenvalue weighted by Crippen LogP contribution is -1.99. The summed E-state index contributed by atoms with van der Waals surface area (Å²) in [7, 11) is 0. The molecule has 0 spiro atoms. The molecule has 1 rings (SSSR count). The lowest BCUT2D eigenvalue weighted by molar-refractivity contribution is -0.118. The van der Waals surface area contributed by atoms with Gasteiger partial charge in [0.15, 0.2) is 0 Å². The van der Waals surface area contributed by atoms with E-state index >= 15 is 0 Å². The Bertz CT molecular complexity index is 294. The zero-order valence-electron chi connectivity index (χ0n) is 7.46. The minimum Gasteiger partial charge on any atom is -0.399 e. The van der Waals surface area contributed by atoms with E-state index in [2.05, 4.69) is 0 Å². The van der Waals surface area contributed by atoms with Gasteiger partial charge >= 0.3 is 0 Å². The van der Waals surface area contributed by atoms with Crippen molar-refractivity contribution in [1.29, 1.82) is 0 Å². The van der Waals surface area contributed by atoms with Crippen LogP contribution in [0, 0.1) is 0 Å². The van der Waals surface area contributed by atoms with Crippen LogP contribution in [0.25, 0.3) is 0 Å². The van der Waals surface area contributed by atoms with E-state index in [0.717, 1.165) is 0 Å². The van der Waals surface area contributed by atoms with Gasteiger partial charge in [-0.15, -0.1) is 0 Å². The lowest BCUT2D eigenvalue weighted by atomic mass is 10.1. The molecule has 1 unspecified atom stereocenters. The second-order valence-corrected chi connectivity index (χ2v) is 3.04. The van der Waals surface area contributed by atoms with E-state index in [1.165, 1.54) is 6.92 Å². The first-order valence-electron chi connectivity index (χ1n) is 4.08. The predicted molar refractivity (Wildman–Crippen MR) is 50.0 cm³/mol. The molecule has 13 heavy (non-hydrogen) atoms. The highest BCUT2D eigenvalue weighted by atomic mass is 19.1. The first-order valence-corrected chi connectivity index (χ1v) is 4.08. The third kappa shape index (κ3) is 2.86. The largest absolute Gasteiger partial charge is 0.399 e. The van der Waals surface area contributed by atoms with Crippen LogP contribution in [0.1, 0.15) is 25.1 Å². The standard InChI is InChI=1S/C10H12FNO/c1-7(13)6-10(11)8-2-4-9(12)5-3-8/h2-5,10H,6,12H2,1H3. The summed E-state index contributed by atoms with van der Waals surface area (Å²) in [5.41, 5.74) is 6.54. The Hall–Kier alpha value is -1.38. The second-order valence-electron chi connectivity index (χ2n) is 3.04. The van der Waals surface area contributed by atoms with E-state index in [-0.39, 0.29) is 12.2 Å². The molecule has 0 radical (unpaired) electrons. The van der Waals surface area contributed by atoms with Gasteiger partial charge in [0.05, 0.1) is 0 Å². The van der Waals surface area contributed by atoms with Crippen LogP contribution >= 0.6 is 0 Å². The highest BCUT2D eigenvalue weighted by molar-refractivity contribution is 5.76. The fraction of sp³-hybridized carbons (Fsp3) is 0.300. The third-order valence-corrected chi connectivity index (χ3v) is 1.76. The van der Waals surface area contributed by atoms with E-state index in [1.807, 2.05) is 0 Å². The van der Waals surface area contributed by atoms with Crippen LogP contribution < -0.4 is 5.73 Å². The highest BCUT2D eigenvalue weighted by Crippen LogP contribution is 2.21. The first-order chi connectivity index (χ1) is 6.09. The fourth-order valence-electron chi connectivity index (χ4n) is 1.08. The summed E-state index contributed by atoms with van der Waals surface area (Å²) in [6.45, 7) is 1.38. The van der Waals surface area contributed by atoms with E-state index in [1.54, 1.807) is 24.3 Å². The Labute approximate surface area is 76.6 Å².